The van der Waals surface area contributed by atoms with Crippen molar-refractivity contribution in [3.63, 3.8) is 0 Å². The molecule has 1 aromatic heterocycles. The van der Waals surface area contributed by atoms with Crippen LogP contribution in [0.3, 0.4) is 0 Å². The lowest BCUT2D eigenvalue weighted by Crippen LogP contribution is -2.00. The average Bonchev–Trinajstić information content (AvgIpc) is 2.06. The number of thioether (sulfide) groups is 1. The molecule has 0 bridgehead atoms. The quantitative estimate of drug-likeness (QED) is 0.352. The molecule has 0 unspecified atom stereocenters. The minimum atomic E-state index is -3.41. The van der Waals surface area contributed by atoms with Crippen molar-refractivity contribution in [2.75, 3.05) is 11.5 Å². The van der Waals surface area contributed by atoms with E-state index in [2.05, 4.69) is 32.6 Å². The molecule has 0 aliphatic heterocycles. The van der Waals surface area contributed by atoms with E-state index in [1.54, 1.807) is 12.4 Å². The number of aromatic nitrogens is 2. The average molecular weight is 365 g/mol. The summed E-state index contributed by atoms with van der Waals surface area (Å²) in [4.78, 5) is 8.01. The summed E-state index contributed by atoms with van der Waals surface area (Å²) in [5.41, 5.74) is 0. The summed E-state index contributed by atoms with van der Waals surface area (Å²) in [6, 6.07) is 0. The molecule has 0 saturated heterocycles. The third-order valence-corrected chi connectivity index (χ3v) is 4.00. The largest absolute Gasteiger partial charge is 0.233 e. The maximum absolute atomic E-state index is 10.6. The van der Waals surface area contributed by atoms with Gasteiger partial charge in [0.15, 0.2) is 5.16 Å². The van der Waals surface area contributed by atoms with Gasteiger partial charge in [-0.1, -0.05) is 11.8 Å². The van der Waals surface area contributed by atoms with Crippen molar-refractivity contribution in [2.24, 2.45) is 0 Å². The molecule has 8 heteroatoms. The van der Waals surface area contributed by atoms with Gasteiger partial charge in [0.05, 0.1) is 5.75 Å². The molecule has 0 radical (unpaired) electrons. The second-order valence-corrected chi connectivity index (χ2v) is 7.48. The maximum Gasteiger partial charge on any atom is 0.233 e. The van der Waals surface area contributed by atoms with Crippen molar-refractivity contribution in [3.8, 4) is 0 Å². The summed E-state index contributed by atoms with van der Waals surface area (Å²) in [5, 5.41) is 0.561. The zero-order chi connectivity index (χ0) is 10.6. The lowest BCUT2D eigenvalue weighted by Gasteiger charge is -1.97. The molecule has 0 spiro atoms. The summed E-state index contributed by atoms with van der Waals surface area (Å²) in [5.74, 6) is 0.293. The lowest BCUT2D eigenvalue weighted by molar-refractivity contribution is 0.611. The van der Waals surface area contributed by atoms with E-state index in [-0.39, 0.29) is 5.75 Å². The second-order valence-electron chi connectivity index (χ2n) is 2.28. The normalized spacial score (nSPS) is 11.6. The van der Waals surface area contributed by atoms with Crippen LogP contribution >= 0.6 is 45.0 Å². The van der Waals surface area contributed by atoms with Gasteiger partial charge in [-0.05, 0) is 22.6 Å². The van der Waals surface area contributed by atoms with Crippen LogP contribution in [0.15, 0.2) is 17.6 Å². The van der Waals surface area contributed by atoms with Crippen molar-refractivity contribution in [1.82, 2.24) is 9.97 Å². The van der Waals surface area contributed by atoms with Gasteiger partial charge >= 0.3 is 0 Å². The zero-order valence-electron chi connectivity index (χ0n) is 6.85. The van der Waals surface area contributed by atoms with E-state index in [1.807, 2.05) is 0 Å². The summed E-state index contributed by atoms with van der Waals surface area (Å²) >= 11 is 3.36. The summed E-state index contributed by atoms with van der Waals surface area (Å²) in [7, 11) is 1.63. The van der Waals surface area contributed by atoms with Crippen LogP contribution < -0.4 is 0 Å². The topological polar surface area (TPSA) is 59.9 Å². The van der Waals surface area contributed by atoms with Crippen LogP contribution in [0.2, 0.25) is 0 Å². The Morgan fingerprint density at radius 2 is 2.00 bits per heavy atom. The number of nitrogens with zero attached hydrogens (tertiary/aromatic N) is 2. The van der Waals surface area contributed by atoms with E-state index in [9.17, 15) is 8.42 Å². The van der Waals surface area contributed by atoms with Gasteiger partial charge in [0, 0.05) is 32.4 Å². The fourth-order valence-corrected chi connectivity index (χ4v) is 3.02. The number of hydrogen-bond acceptors (Lipinski definition) is 5. The number of halogens is 2. The Kier molecular flexibility index (Phi) is 4.88. The van der Waals surface area contributed by atoms with Gasteiger partial charge in [0.2, 0.25) is 9.05 Å². The minimum absolute atomic E-state index is 0.0748. The maximum atomic E-state index is 10.6. The van der Waals surface area contributed by atoms with Gasteiger partial charge < -0.3 is 0 Å². The summed E-state index contributed by atoms with van der Waals surface area (Å²) in [6.07, 6.45) is 3.34. The summed E-state index contributed by atoms with van der Waals surface area (Å²) < 4.78 is 22.1. The molecule has 1 heterocycles. The Labute approximate surface area is 104 Å². The van der Waals surface area contributed by atoms with Gasteiger partial charge in [-0.15, -0.1) is 0 Å². The minimum Gasteiger partial charge on any atom is -0.230 e. The SMILES string of the molecule is O=S(=O)(Cl)CCSc1ncc(I)cn1. The van der Waals surface area contributed by atoms with Crippen LogP contribution in [-0.2, 0) is 9.05 Å². The van der Waals surface area contributed by atoms with Gasteiger partial charge in [-0.3, -0.25) is 0 Å². The zero-order valence-corrected chi connectivity index (χ0v) is 11.4. The molecule has 0 fully saturated rings. The van der Waals surface area contributed by atoms with E-state index in [0.29, 0.717) is 10.9 Å². The molecular formula is C6H6ClIN2O2S2. The molecule has 0 aliphatic carbocycles. The van der Waals surface area contributed by atoms with Crippen molar-refractivity contribution >= 4 is 54.1 Å². The molecule has 4 nitrogen and oxygen atoms in total. The number of rotatable bonds is 4. The monoisotopic (exact) mass is 364 g/mol. The predicted molar refractivity (Wildman–Crippen MR) is 65.1 cm³/mol. The Bertz CT molecular complexity index is 395. The highest BCUT2D eigenvalue weighted by molar-refractivity contribution is 14.1. The first-order valence-electron chi connectivity index (χ1n) is 3.50. The van der Waals surface area contributed by atoms with Crippen LogP contribution in [0.25, 0.3) is 0 Å². The van der Waals surface area contributed by atoms with Gasteiger partial charge in [0.1, 0.15) is 0 Å². The van der Waals surface area contributed by atoms with Crippen molar-refractivity contribution in [1.29, 1.82) is 0 Å². The highest BCUT2D eigenvalue weighted by atomic mass is 127. The molecule has 0 saturated carbocycles. The molecule has 1 aromatic rings. The van der Waals surface area contributed by atoms with E-state index in [1.165, 1.54) is 11.8 Å². The first-order valence-corrected chi connectivity index (χ1v) is 8.04. The van der Waals surface area contributed by atoms with E-state index in [0.717, 1.165) is 3.57 Å². The van der Waals surface area contributed by atoms with Gasteiger partial charge in [-0.2, -0.15) is 0 Å². The number of hydrogen-bond donors (Lipinski definition) is 0. The van der Waals surface area contributed by atoms with Crippen molar-refractivity contribution in [2.45, 2.75) is 5.16 Å². The van der Waals surface area contributed by atoms with E-state index in [4.69, 9.17) is 10.7 Å². The van der Waals surface area contributed by atoms with Crippen molar-refractivity contribution in [3.05, 3.63) is 16.0 Å². The first kappa shape index (κ1) is 12.5. The second kappa shape index (κ2) is 5.47. The first-order chi connectivity index (χ1) is 6.47. The van der Waals surface area contributed by atoms with Gasteiger partial charge in [-0.25, -0.2) is 18.4 Å². The van der Waals surface area contributed by atoms with Crippen molar-refractivity contribution < 1.29 is 8.42 Å². The smallest absolute Gasteiger partial charge is 0.230 e. The molecule has 0 atom stereocenters. The predicted octanol–water partition coefficient (Wildman–Crippen LogP) is 1.74. The lowest BCUT2D eigenvalue weighted by atomic mass is 10.7. The van der Waals surface area contributed by atoms with Crippen LogP contribution in [0.1, 0.15) is 0 Å². The molecule has 0 amide bonds. The Hall–Kier alpha value is 0.400. The molecule has 0 aliphatic rings. The third-order valence-electron chi connectivity index (χ3n) is 1.15. The standard InChI is InChI=1S/C6H6ClIN2O2S2/c7-14(11,12)2-1-13-6-9-3-5(8)4-10-6/h3-4H,1-2H2. The molecule has 78 valence electrons. The fraction of sp³-hybridized carbons (Fsp3) is 0.333. The molecule has 0 N–H and O–H groups in total. The molecule has 1 rings (SSSR count). The van der Waals surface area contributed by atoms with Crippen LogP contribution in [0, 0.1) is 3.57 Å². The molecule has 0 aromatic carbocycles. The Morgan fingerprint density at radius 1 is 1.43 bits per heavy atom. The Balaban J connectivity index is 2.43. The molecule has 14 heavy (non-hydrogen) atoms. The third kappa shape index (κ3) is 5.32. The molecular weight excluding hydrogens is 359 g/mol. The highest BCUT2D eigenvalue weighted by Gasteiger charge is 2.05. The van der Waals surface area contributed by atoms with E-state index < -0.39 is 9.05 Å². The fourth-order valence-electron chi connectivity index (χ4n) is 0.607. The van der Waals surface area contributed by atoms with E-state index >= 15 is 0 Å². The van der Waals surface area contributed by atoms with Crippen LogP contribution in [-0.4, -0.2) is 29.9 Å². The van der Waals surface area contributed by atoms with Crippen LogP contribution in [0.5, 0.6) is 0 Å². The Morgan fingerprint density at radius 3 is 2.50 bits per heavy atom. The van der Waals surface area contributed by atoms with Crippen LogP contribution in [0.4, 0.5) is 0 Å². The highest BCUT2D eigenvalue weighted by Crippen LogP contribution is 2.13. The summed E-state index contributed by atoms with van der Waals surface area (Å²) in [6.45, 7) is 0. The van der Waals surface area contributed by atoms with Gasteiger partial charge in [0.25, 0.3) is 0 Å².